The Labute approximate surface area is 143 Å². The summed E-state index contributed by atoms with van der Waals surface area (Å²) in [5.74, 6) is -0.366. The summed E-state index contributed by atoms with van der Waals surface area (Å²) in [6.07, 6.45) is 4.59. The molecule has 24 heavy (non-hydrogen) atoms. The fraction of sp³-hybridized carbons (Fsp3) is 0.474. The molecule has 0 unspecified atom stereocenters. The zero-order valence-electron chi connectivity index (χ0n) is 14.5. The molecule has 0 saturated carbocycles. The van der Waals surface area contributed by atoms with Gasteiger partial charge in [-0.05, 0) is 44.4 Å². The second-order valence-corrected chi connectivity index (χ2v) is 6.38. The van der Waals surface area contributed by atoms with Crippen molar-refractivity contribution in [3.63, 3.8) is 0 Å². The van der Waals surface area contributed by atoms with Crippen molar-refractivity contribution in [1.82, 2.24) is 4.90 Å². The number of amides is 2. The topological polar surface area (TPSA) is 75.4 Å². The predicted octanol–water partition coefficient (Wildman–Crippen LogP) is 2.68. The van der Waals surface area contributed by atoms with E-state index in [2.05, 4.69) is 10.2 Å². The number of allylic oxidation sites excluding steroid dienone is 1. The fourth-order valence-corrected chi connectivity index (χ4v) is 3.07. The number of nitrogens with one attached hydrogen (secondary N) is 1. The Morgan fingerprint density at radius 3 is 2.83 bits per heavy atom. The number of benzene rings is 1. The highest BCUT2D eigenvalue weighted by atomic mass is 16.2. The second-order valence-electron chi connectivity index (χ2n) is 6.38. The van der Waals surface area contributed by atoms with Gasteiger partial charge >= 0.3 is 0 Å². The SMILES string of the molecule is CC/C=C(/C)C(=O)Nc1ccccc1CN1CCC[C@H](C(N)=O)C1. The molecular weight excluding hydrogens is 302 g/mol. The van der Waals surface area contributed by atoms with E-state index in [1.165, 1.54) is 0 Å². The minimum atomic E-state index is -0.221. The van der Waals surface area contributed by atoms with Crippen LogP contribution in [0.1, 0.15) is 38.7 Å². The molecule has 0 aromatic heterocycles. The maximum Gasteiger partial charge on any atom is 0.250 e. The quantitative estimate of drug-likeness (QED) is 0.788. The van der Waals surface area contributed by atoms with Crippen LogP contribution in [-0.4, -0.2) is 29.8 Å². The van der Waals surface area contributed by atoms with Crippen LogP contribution in [0.4, 0.5) is 5.69 Å². The van der Waals surface area contributed by atoms with Gasteiger partial charge in [-0.3, -0.25) is 14.5 Å². The molecule has 2 rings (SSSR count). The average Bonchev–Trinajstić information content (AvgIpc) is 2.57. The fourth-order valence-electron chi connectivity index (χ4n) is 3.07. The third-order valence-electron chi connectivity index (χ3n) is 4.44. The molecule has 5 heteroatoms. The minimum absolute atomic E-state index is 0.0713. The first-order valence-electron chi connectivity index (χ1n) is 8.59. The third kappa shape index (κ3) is 4.93. The predicted molar refractivity (Wildman–Crippen MR) is 96.3 cm³/mol. The summed E-state index contributed by atoms with van der Waals surface area (Å²) in [5, 5.41) is 2.99. The molecule has 0 radical (unpaired) electrons. The number of carbonyl (C=O) groups is 2. The molecule has 3 N–H and O–H groups in total. The molecule has 1 atom stereocenters. The highest BCUT2D eigenvalue weighted by Gasteiger charge is 2.24. The number of likely N-dealkylation sites (tertiary alicyclic amines) is 1. The smallest absolute Gasteiger partial charge is 0.250 e. The first-order valence-corrected chi connectivity index (χ1v) is 8.59. The lowest BCUT2D eigenvalue weighted by molar-refractivity contribution is -0.123. The van der Waals surface area contributed by atoms with E-state index in [9.17, 15) is 9.59 Å². The molecule has 1 aromatic carbocycles. The van der Waals surface area contributed by atoms with Gasteiger partial charge < -0.3 is 11.1 Å². The number of piperidine rings is 1. The van der Waals surface area contributed by atoms with Gasteiger partial charge in [-0.15, -0.1) is 0 Å². The number of nitrogens with two attached hydrogens (primary N) is 1. The van der Waals surface area contributed by atoms with Crippen molar-refractivity contribution in [1.29, 1.82) is 0 Å². The Balaban J connectivity index is 2.07. The molecule has 1 aromatic rings. The van der Waals surface area contributed by atoms with E-state index in [1.807, 2.05) is 44.2 Å². The largest absolute Gasteiger partial charge is 0.369 e. The van der Waals surface area contributed by atoms with Crippen LogP contribution in [0.3, 0.4) is 0 Å². The second kappa shape index (κ2) is 8.64. The van der Waals surface area contributed by atoms with Gasteiger partial charge in [0, 0.05) is 24.4 Å². The van der Waals surface area contributed by atoms with E-state index in [-0.39, 0.29) is 17.7 Å². The zero-order valence-corrected chi connectivity index (χ0v) is 14.5. The van der Waals surface area contributed by atoms with Gasteiger partial charge in [0.15, 0.2) is 0 Å². The number of hydrogen-bond acceptors (Lipinski definition) is 3. The van der Waals surface area contributed by atoms with Crippen LogP contribution < -0.4 is 11.1 Å². The number of anilines is 1. The number of para-hydroxylation sites is 1. The van der Waals surface area contributed by atoms with E-state index >= 15 is 0 Å². The molecule has 130 valence electrons. The molecule has 0 spiro atoms. The number of rotatable bonds is 6. The lowest BCUT2D eigenvalue weighted by atomic mass is 9.97. The van der Waals surface area contributed by atoms with E-state index in [4.69, 9.17) is 5.73 Å². The Morgan fingerprint density at radius 1 is 1.38 bits per heavy atom. The molecule has 1 aliphatic heterocycles. The highest BCUT2D eigenvalue weighted by molar-refractivity contribution is 6.03. The van der Waals surface area contributed by atoms with Gasteiger partial charge in [-0.25, -0.2) is 0 Å². The first-order chi connectivity index (χ1) is 11.5. The Hall–Kier alpha value is -2.14. The Kier molecular flexibility index (Phi) is 6.55. The maximum atomic E-state index is 12.2. The van der Waals surface area contributed by atoms with Gasteiger partial charge in [0.25, 0.3) is 5.91 Å². The van der Waals surface area contributed by atoms with Crippen molar-refractivity contribution in [2.24, 2.45) is 11.7 Å². The van der Waals surface area contributed by atoms with Crippen LogP contribution in [-0.2, 0) is 16.1 Å². The normalized spacial score (nSPS) is 19.1. The van der Waals surface area contributed by atoms with Crippen molar-refractivity contribution in [3.8, 4) is 0 Å². The van der Waals surface area contributed by atoms with Crippen LogP contribution >= 0.6 is 0 Å². The zero-order chi connectivity index (χ0) is 17.5. The third-order valence-corrected chi connectivity index (χ3v) is 4.44. The molecule has 1 saturated heterocycles. The summed E-state index contributed by atoms with van der Waals surface area (Å²) in [6, 6.07) is 7.82. The van der Waals surface area contributed by atoms with Crippen molar-refractivity contribution < 1.29 is 9.59 Å². The number of primary amides is 1. The average molecular weight is 329 g/mol. The van der Waals surface area contributed by atoms with Crippen LogP contribution in [0.5, 0.6) is 0 Å². The molecule has 0 aliphatic carbocycles. The van der Waals surface area contributed by atoms with Gasteiger partial charge in [0.05, 0.1) is 5.92 Å². The van der Waals surface area contributed by atoms with Crippen LogP contribution in [0.15, 0.2) is 35.9 Å². The van der Waals surface area contributed by atoms with Gasteiger partial charge in [-0.2, -0.15) is 0 Å². The molecule has 1 fully saturated rings. The van der Waals surface area contributed by atoms with Crippen LogP contribution in [0, 0.1) is 5.92 Å². The molecule has 1 aliphatic rings. The standard InChI is InChI=1S/C19H27N3O2/c1-3-7-14(2)19(24)21-17-10-5-4-8-15(17)12-22-11-6-9-16(13-22)18(20)23/h4-5,7-8,10,16H,3,6,9,11-13H2,1-2H3,(H2,20,23)(H,21,24)/b14-7-/t16-/m0/s1. The molecule has 0 bridgehead atoms. The monoisotopic (exact) mass is 329 g/mol. The number of nitrogens with zero attached hydrogens (tertiary/aromatic N) is 1. The summed E-state index contributed by atoms with van der Waals surface area (Å²) < 4.78 is 0. The van der Waals surface area contributed by atoms with Crippen LogP contribution in [0.2, 0.25) is 0 Å². The summed E-state index contributed by atoms with van der Waals surface area (Å²) in [4.78, 5) is 25.9. The van der Waals surface area contributed by atoms with Gasteiger partial charge in [0.1, 0.15) is 0 Å². The van der Waals surface area contributed by atoms with Gasteiger partial charge in [-0.1, -0.05) is 31.2 Å². The Bertz CT molecular complexity index is 625. The first kappa shape index (κ1) is 18.2. The lowest BCUT2D eigenvalue weighted by Gasteiger charge is -2.31. The summed E-state index contributed by atoms with van der Waals surface area (Å²) >= 11 is 0. The van der Waals surface area contributed by atoms with Crippen molar-refractivity contribution in [3.05, 3.63) is 41.5 Å². The molecular formula is C19H27N3O2. The molecule has 1 heterocycles. The molecule has 2 amide bonds. The summed E-state index contributed by atoms with van der Waals surface area (Å²) in [5.41, 5.74) is 8.06. The van der Waals surface area contributed by atoms with E-state index < -0.39 is 0 Å². The van der Waals surface area contributed by atoms with Crippen molar-refractivity contribution in [2.75, 3.05) is 18.4 Å². The summed E-state index contributed by atoms with van der Waals surface area (Å²) in [6.45, 7) is 6.17. The number of hydrogen-bond donors (Lipinski definition) is 2. The van der Waals surface area contributed by atoms with Crippen LogP contribution in [0.25, 0.3) is 0 Å². The van der Waals surface area contributed by atoms with E-state index in [0.717, 1.165) is 42.6 Å². The van der Waals surface area contributed by atoms with Crippen molar-refractivity contribution >= 4 is 17.5 Å². The maximum absolute atomic E-state index is 12.2. The highest BCUT2D eigenvalue weighted by Crippen LogP contribution is 2.22. The van der Waals surface area contributed by atoms with Crippen molar-refractivity contribution in [2.45, 2.75) is 39.7 Å². The number of carbonyl (C=O) groups excluding carboxylic acids is 2. The van der Waals surface area contributed by atoms with Gasteiger partial charge in [0.2, 0.25) is 5.91 Å². The summed E-state index contributed by atoms with van der Waals surface area (Å²) in [7, 11) is 0. The minimum Gasteiger partial charge on any atom is -0.369 e. The van der Waals surface area contributed by atoms with E-state index in [1.54, 1.807) is 0 Å². The molecule has 5 nitrogen and oxygen atoms in total. The lowest BCUT2D eigenvalue weighted by Crippen LogP contribution is -2.40. The Morgan fingerprint density at radius 2 is 2.12 bits per heavy atom. The van der Waals surface area contributed by atoms with E-state index in [0.29, 0.717) is 13.1 Å².